The Balaban J connectivity index is 0.000000338. The Morgan fingerprint density at radius 2 is 1.65 bits per heavy atom. The number of ether oxygens (including phenoxy) is 1. The molecular weight excluding hydrogens is 375 g/mol. The van der Waals surface area contributed by atoms with E-state index in [2.05, 4.69) is 8.95 Å². The standard InChI is InChI=1S/C12H12ClN2OS2.BF4/c13-10-3-1-9(2-4-10)11-14-18-12(17-11)15-5-7-16-8-6-15;2-1(3,4)5/h1-4H,5-8H2;/q+1;-1. The predicted molar refractivity (Wildman–Crippen MR) is 86.4 cm³/mol. The van der Waals surface area contributed by atoms with Gasteiger partial charge in [-0.2, -0.15) is 4.37 Å². The van der Waals surface area contributed by atoms with E-state index in [0.29, 0.717) is 0 Å². The minimum absolute atomic E-state index is 0.757. The van der Waals surface area contributed by atoms with Gasteiger partial charge in [0.2, 0.25) is 0 Å². The normalized spacial score (nSPS) is 15.1. The zero-order valence-electron chi connectivity index (χ0n) is 11.7. The summed E-state index contributed by atoms with van der Waals surface area (Å²) in [7, 11) is -6.00. The van der Waals surface area contributed by atoms with E-state index in [-0.39, 0.29) is 0 Å². The quantitative estimate of drug-likeness (QED) is 0.425. The number of nitrogens with zero attached hydrogens (tertiary/aromatic N) is 2. The van der Waals surface area contributed by atoms with Crippen molar-refractivity contribution in [1.82, 2.24) is 8.95 Å². The molecule has 1 aromatic heterocycles. The molecular formula is C12H12BClF4N2OS2. The minimum atomic E-state index is -6.00. The van der Waals surface area contributed by atoms with E-state index in [4.69, 9.17) is 16.3 Å². The van der Waals surface area contributed by atoms with Gasteiger partial charge in [0, 0.05) is 22.1 Å². The molecule has 1 saturated heterocycles. The second-order valence-electron chi connectivity index (χ2n) is 4.46. The first-order valence-corrected chi connectivity index (χ1v) is 8.55. The van der Waals surface area contributed by atoms with Crippen LogP contribution < -0.4 is 8.56 Å². The van der Waals surface area contributed by atoms with Gasteiger partial charge >= 0.3 is 11.2 Å². The molecule has 1 aliphatic rings. The third-order valence-corrected chi connectivity index (χ3v) is 5.23. The summed E-state index contributed by atoms with van der Waals surface area (Å²) < 4.78 is 52.5. The van der Waals surface area contributed by atoms with Crippen molar-refractivity contribution in [2.24, 2.45) is 0 Å². The third-order valence-electron chi connectivity index (χ3n) is 2.75. The van der Waals surface area contributed by atoms with Gasteiger partial charge in [-0.3, -0.25) is 0 Å². The Hall–Kier alpha value is -0.965. The summed E-state index contributed by atoms with van der Waals surface area (Å²) in [6.45, 7) is 3.53. The molecule has 0 radical (unpaired) electrons. The summed E-state index contributed by atoms with van der Waals surface area (Å²) >= 11 is 9.18. The number of halogens is 5. The van der Waals surface area contributed by atoms with E-state index in [1.165, 1.54) is 3.98 Å². The summed E-state index contributed by atoms with van der Waals surface area (Å²) in [5.74, 6) is 0. The van der Waals surface area contributed by atoms with Gasteiger partial charge in [0.1, 0.15) is 18.2 Å². The molecule has 11 heteroatoms. The fourth-order valence-corrected chi connectivity index (χ4v) is 3.95. The summed E-state index contributed by atoms with van der Waals surface area (Å²) in [5, 5.41) is 1.81. The van der Waals surface area contributed by atoms with Crippen molar-refractivity contribution in [3.8, 4) is 10.6 Å². The Morgan fingerprint density at radius 1 is 1.09 bits per heavy atom. The van der Waals surface area contributed by atoms with Crippen LogP contribution in [0.4, 0.5) is 17.3 Å². The second-order valence-corrected chi connectivity index (χ2v) is 6.88. The molecule has 0 spiro atoms. The zero-order valence-corrected chi connectivity index (χ0v) is 14.1. The van der Waals surface area contributed by atoms with Crippen LogP contribution in [0.25, 0.3) is 10.6 Å². The second kappa shape index (κ2) is 8.23. The maximum atomic E-state index is 9.75. The van der Waals surface area contributed by atoms with Crippen LogP contribution in [0.1, 0.15) is 0 Å². The number of hydrogen-bond donors (Lipinski definition) is 0. The summed E-state index contributed by atoms with van der Waals surface area (Å²) in [6.07, 6.45) is 0. The van der Waals surface area contributed by atoms with Gasteiger partial charge in [-0.25, -0.2) is 4.58 Å². The van der Waals surface area contributed by atoms with Gasteiger partial charge in [-0.1, -0.05) is 23.7 Å². The molecule has 1 aliphatic heterocycles. The first-order valence-electron chi connectivity index (χ1n) is 6.59. The molecule has 3 rings (SSSR count). The molecule has 0 aliphatic carbocycles. The van der Waals surface area contributed by atoms with Crippen LogP contribution in [-0.2, 0) is 4.74 Å². The SMILES string of the molecule is Clc1ccc(-c2nsc(=[N+]3CCOCC3)s2)cc1.F[B-](F)(F)F. The largest absolute Gasteiger partial charge is 0.673 e. The molecule has 0 unspecified atom stereocenters. The molecule has 0 amide bonds. The number of morpholine rings is 1. The predicted octanol–water partition coefficient (Wildman–Crippen LogP) is 3.63. The molecule has 0 N–H and O–H groups in total. The summed E-state index contributed by atoms with van der Waals surface area (Å²) in [5.41, 5.74) is 1.13. The Kier molecular flexibility index (Phi) is 6.57. The van der Waals surface area contributed by atoms with Crippen molar-refractivity contribution in [1.29, 1.82) is 0 Å². The van der Waals surface area contributed by atoms with Gasteiger partial charge in [-0.15, -0.1) is 0 Å². The molecule has 2 aromatic rings. The maximum Gasteiger partial charge on any atom is 0.673 e. The summed E-state index contributed by atoms with van der Waals surface area (Å²) in [4.78, 5) is 0. The van der Waals surface area contributed by atoms with Crippen molar-refractivity contribution < 1.29 is 22.0 Å². The molecule has 3 nitrogen and oxygen atoms in total. The first kappa shape index (κ1) is 18.4. The van der Waals surface area contributed by atoms with Gasteiger partial charge in [0.15, 0.2) is 13.1 Å². The van der Waals surface area contributed by atoms with Crippen molar-refractivity contribution in [2.45, 2.75) is 0 Å². The fraction of sp³-hybridized carbons (Fsp3) is 0.333. The van der Waals surface area contributed by atoms with E-state index in [0.717, 1.165) is 41.9 Å². The molecule has 0 atom stereocenters. The average Bonchev–Trinajstić information content (AvgIpc) is 2.97. The fourth-order valence-electron chi connectivity index (χ4n) is 1.77. The molecule has 23 heavy (non-hydrogen) atoms. The summed E-state index contributed by atoms with van der Waals surface area (Å²) in [6, 6.07) is 7.82. The van der Waals surface area contributed by atoms with Crippen molar-refractivity contribution in [3.05, 3.63) is 33.3 Å². The number of hydrogen-bond acceptors (Lipinski definition) is 4. The highest BCUT2D eigenvalue weighted by Gasteiger charge is 2.20. The van der Waals surface area contributed by atoms with Gasteiger partial charge in [0.05, 0.1) is 0 Å². The molecule has 2 heterocycles. The molecule has 0 bridgehead atoms. The monoisotopic (exact) mass is 386 g/mol. The van der Waals surface area contributed by atoms with Gasteiger partial charge < -0.3 is 22.0 Å². The van der Waals surface area contributed by atoms with E-state index in [9.17, 15) is 17.3 Å². The molecule has 0 saturated carbocycles. The highest BCUT2D eigenvalue weighted by Crippen LogP contribution is 2.22. The van der Waals surface area contributed by atoms with Crippen LogP contribution in [0.2, 0.25) is 5.02 Å². The first-order chi connectivity index (χ1) is 10.8. The van der Waals surface area contributed by atoms with Crippen molar-refractivity contribution in [2.75, 3.05) is 26.3 Å². The van der Waals surface area contributed by atoms with E-state index in [1.54, 1.807) is 22.9 Å². The zero-order chi connectivity index (χ0) is 16.9. The van der Waals surface area contributed by atoms with Crippen molar-refractivity contribution in [3.63, 3.8) is 0 Å². The van der Waals surface area contributed by atoms with Gasteiger partial charge in [0.25, 0.3) is 0 Å². The lowest BCUT2D eigenvalue weighted by Gasteiger charge is -2.08. The van der Waals surface area contributed by atoms with E-state index >= 15 is 0 Å². The van der Waals surface area contributed by atoms with Crippen LogP contribution >= 0.6 is 34.5 Å². The van der Waals surface area contributed by atoms with Crippen LogP contribution in [0.3, 0.4) is 0 Å². The molecule has 1 aromatic carbocycles. The number of rotatable bonds is 1. The smallest absolute Gasteiger partial charge is 0.418 e. The topological polar surface area (TPSA) is 25.1 Å². The Morgan fingerprint density at radius 3 is 2.22 bits per heavy atom. The Labute approximate surface area is 143 Å². The highest BCUT2D eigenvalue weighted by atomic mass is 35.5. The van der Waals surface area contributed by atoms with Crippen LogP contribution in [0, 0.1) is 0 Å². The van der Waals surface area contributed by atoms with Gasteiger partial charge in [-0.05, 0) is 23.5 Å². The van der Waals surface area contributed by atoms with E-state index < -0.39 is 7.25 Å². The highest BCUT2D eigenvalue weighted by molar-refractivity contribution is 7.25. The average molecular weight is 387 g/mol. The molecule has 1 fully saturated rings. The van der Waals surface area contributed by atoms with Crippen LogP contribution in [0.15, 0.2) is 24.3 Å². The Bertz CT molecular complexity index is 688. The molecule has 126 valence electrons. The lowest BCUT2D eigenvalue weighted by molar-refractivity contribution is 0.0976. The lowest BCUT2D eigenvalue weighted by atomic mass is 10.2. The number of aromatic nitrogens is 1. The van der Waals surface area contributed by atoms with E-state index in [1.807, 2.05) is 24.3 Å². The number of benzene rings is 1. The van der Waals surface area contributed by atoms with Crippen LogP contribution in [0.5, 0.6) is 0 Å². The maximum absolute atomic E-state index is 9.75. The lowest BCUT2D eigenvalue weighted by Crippen LogP contribution is -2.37. The minimum Gasteiger partial charge on any atom is -0.418 e. The third kappa shape index (κ3) is 6.58. The van der Waals surface area contributed by atoms with Crippen molar-refractivity contribution >= 4 is 41.7 Å². The van der Waals surface area contributed by atoms with Crippen LogP contribution in [-0.4, -0.2) is 37.9 Å².